The summed E-state index contributed by atoms with van der Waals surface area (Å²) in [5.41, 5.74) is 8.93. The Balaban J connectivity index is 1.51. The van der Waals surface area contributed by atoms with Gasteiger partial charge in [-0.2, -0.15) is 9.97 Å². The third-order valence-corrected chi connectivity index (χ3v) is 6.55. The second-order valence-electron chi connectivity index (χ2n) is 7.64. The quantitative estimate of drug-likeness (QED) is 0.258. The number of hydrogen-bond acceptors (Lipinski definition) is 9. The van der Waals surface area contributed by atoms with Crippen molar-refractivity contribution < 1.29 is 14.9 Å². The van der Waals surface area contributed by atoms with E-state index in [9.17, 15) is 0 Å². The lowest BCUT2D eigenvalue weighted by Gasteiger charge is -2.20. The number of rotatable bonds is 10. The summed E-state index contributed by atoms with van der Waals surface area (Å²) < 4.78 is 5.67. The van der Waals surface area contributed by atoms with Gasteiger partial charge in [0.15, 0.2) is 11.0 Å². The molecule has 0 radical (unpaired) electrons. The second kappa shape index (κ2) is 10.7. The highest BCUT2D eigenvalue weighted by Crippen LogP contribution is 2.39. The van der Waals surface area contributed by atoms with Gasteiger partial charge in [-0.05, 0) is 40.9 Å². The molecular formula is C22H26ClN5O3S. The molecule has 0 saturated heterocycles. The van der Waals surface area contributed by atoms with Crippen molar-refractivity contribution in [3.05, 3.63) is 40.4 Å². The predicted molar refractivity (Wildman–Crippen MR) is 127 cm³/mol. The molecule has 3 aromatic rings. The number of nitrogen functional groups attached to an aromatic ring is 1. The van der Waals surface area contributed by atoms with Gasteiger partial charge < -0.3 is 26.0 Å². The number of aromatic nitrogens is 3. The lowest BCUT2D eigenvalue weighted by atomic mass is 9.94. The summed E-state index contributed by atoms with van der Waals surface area (Å²) in [6.07, 6.45) is 0.717. The van der Waals surface area contributed by atoms with Gasteiger partial charge in [0.25, 0.3) is 0 Å². The average Bonchev–Trinajstić information content (AvgIpc) is 2.78. The van der Waals surface area contributed by atoms with E-state index in [1.54, 1.807) is 0 Å². The summed E-state index contributed by atoms with van der Waals surface area (Å²) >= 11 is 8.14. The van der Waals surface area contributed by atoms with Crippen LogP contribution in [-0.4, -0.2) is 57.2 Å². The van der Waals surface area contributed by atoms with E-state index in [0.717, 1.165) is 52.7 Å². The number of nitrogens with one attached hydrogen (secondary N) is 1. The minimum atomic E-state index is -0.0839. The Morgan fingerprint density at radius 2 is 1.94 bits per heavy atom. The Labute approximate surface area is 195 Å². The van der Waals surface area contributed by atoms with E-state index in [0.29, 0.717) is 29.2 Å². The molecular weight excluding hydrogens is 450 g/mol. The molecule has 10 heteroatoms. The molecule has 2 heterocycles. The highest BCUT2D eigenvalue weighted by Gasteiger charge is 2.21. The lowest BCUT2D eigenvalue weighted by Crippen LogP contribution is -2.23. The van der Waals surface area contributed by atoms with Crippen molar-refractivity contribution in [1.82, 2.24) is 20.3 Å². The maximum Gasteiger partial charge on any atom is 0.224 e. The molecule has 0 amide bonds. The highest BCUT2D eigenvalue weighted by molar-refractivity contribution is 7.99. The Kier molecular flexibility index (Phi) is 7.77. The molecule has 1 aliphatic heterocycles. The van der Waals surface area contributed by atoms with E-state index in [2.05, 4.69) is 26.3 Å². The first kappa shape index (κ1) is 23.2. The van der Waals surface area contributed by atoms with Crippen LogP contribution in [0, 0.1) is 5.92 Å². The lowest BCUT2D eigenvalue weighted by molar-refractivity contribution is 0.103. The zero-order chi connectivity index (χ0) is 22.5. The van der Waals surface area contributed by atoms with E-state index < -0.39 is 0 Å². The predicted octanol–water partition coefficient (Wildman–Crippen LogP) is 2.63. The van der Waals surface area contributed by atoms with Crippen LogP contribution >= 0.6 is 23.4 Å². The number of aliphatic hydroxyl groups excluding tert-OH is 2. The molecule has 0 fully saturated rings. The monoisotopic (exact) mass is 475 g/mol. The van der Waals surface area contributed by atoms with Crippen LogP contribution < -0.4 is 11.1 Å². The summed E-state index contributed by atoms with van der Waals surface area (Å²) in [4.78, 5) is 13.3. The number of ether oxygens (including phenoxy) is 1. The smallest absolute Gasteiger partial charge is 0.224 e. The Hall–Kier alpha value is -2.01. The third kappa shape index (κ3) is 5.14. The van der Waals surface area contributed by atoms with E-state index in [-0.39, 0.29) is 25.1 Å². The molecule has 4 rings (SSSR count). The van der Waals surface area contributed by atoms with E-state index in [1.165, 1.54) is 11.8 Å². The first-order valence-corrected chi connectivity index (χ1v) is 11.8. The van der Waals surface area contributed by atoms with Gasteiger partial charge in [0.2, 0.25) is 5.95 Å². The molecule has 1 aromatic heterocycles. The molecule has 5 N–H and O–H groups in total. The van der Waals surface area contributed by atoms with Gasteiger partial charge in [-0.25, -0.2) is 4.98 Å². The summed E-state index contributed by atoms with van der Waals surface area (Å²) in [5.74, 6) is 1.26. The molecule has 8 nitrogen and oxygen atoms in total. The van der Waals surface area contributed by atoms with E-state index >= 15 is 0 Å². The van der Waals surface area contributed by atoms with Crippen molar-refractivity contribution in [1.29, 1.82) is 0 Å². The van der Waals surface area contributed by atoms with E-state index in [1.807, 2.05) is 18.2 Å². The molecule has 2 aromatic carbocycles. The van der Waals surface area contributed by atoms with Gasteiger partial charge >= 0.3 is 0 Å². The van der Waals surface area contributed by atoms with Crippen LogP contribution in [0.15, 0.2) is 29.4 Å². The molecule has 1 aliphatic rings. The van der Waals surface area contributed by atoms with Crippen molar-refractivity contribution >= 4 is 40.1 Å². The standard InChI is InChI=1S/C22H26ClN5O3S/c23-17-8-15-12-31-11-14-2-1-3-16(18(14)15)19(17)20-26-21(24)28-22(27-20)32-7-6-25-5-4-13(9-29)10-30/h1-3,8,13,25,29-30H,4-7,9-12H2,(H2,24,26,27,28). The maximum absolute atomic E-state index is 9.11. The van der Waals surface area contributed by atoms with Crippen molar-refractivity contribution in [3.63, 3.8) is 0 Å². The zero-order valence-electron chi connectivity index (χ0n) is 17.6. The molecule has 0 unspecified atom stereocenters. The van der Waals surface area contributed by atoms with Crippen LogP contribution in [-0.2, 0) is 18.0 Å². The van der Waals surface area contributed by atoms with Gasteiger partial charge in [0, 0.05) is 37.0 Å². The van der Waals surface area contributed by atoms with Gasteiger partial charge in [-0.1, -0.05) is 41.6 Å². The first-order valence-electron chi connectivity index (χ1n) is 10.5. The minimum absolute atomic E-state index is 0.00736. The Morgan fingerprint density at radius 1 is 1.12 bits per heavy atom. The average molecular weight is 476 g/mol. The summed E-state index contributed by atoms with van der Waals surface area (Å²) in [6.45, 7) is 2.53. The summed E-state index contributed by atoms with van der Waals surface area (Å²) in [6, 6.07) is 7.99. The number of hydrogen-bond donors (Lipinski definition) is 4. The molecule has 32 heavy (non-hydrogen) atoms. The zero-order valence-corrected chi connectivity index (χ0v) is 19.1. The third-order valence-electron chi connectivity index (χ3n) is 5.41. The Morgan fingerprint density at radius 3 is 2.75 bits per heavy atom. The maximum atomic E-state index is 9.11. The summed E-state index contributed by atoms with van der Waals surface area (Å²) in [7, 11) is 0. The second-order valence-corrected chi connectivity index (χ2v) is 9.11. The fourth-order valence-corrected chi connectivity index (χ4v) is 4.84. The van der Waals surface area contributed by atoms with Crippen LogP contribution in [0.1, 0.15) is 17.5 Å². The molecule has 170 valence electrons. The molecule has 0 bridgehead atoms. The van der Waals surface area contributed by atoms with Crippen LogP contribution in [0.5, 0.6) is 0 Å². The number of anilines is 1. The number of benzene rings is 2. The van der Waals surface area contributed by atoms with Crippen LogP contribution in [0.3, 0.4) is 0 Å². The molecule has 0 aliphatic carbocycles. The SMILES string of the molecule is Nc1nc(SCCNCCC(CO)CO)nc(-c2c(Cl)cc3c4c(cccc24)COC3)n1. The van der Waals surface area contributed by atoms with Crippen molar-refractivity contribution in [2.75, 3.05) is 37.8 Å². The van der Waals surface area contributed by atoms with Crippen molar-refractivity contribution in [2.45, 2.75) is 24.8 Å². The largest absolute Gasteiger partial charge is 0.396 e. The fourth-order valence-electron chi connectivity index (χ4n) is 3.78. The van der Waals surface area contributed by atoms with Gasteiger partial charge in [-0.3, -0.25) is 0 Å². The topological polar surface area (TPSA) is 126 Å². The first-order chi connectivity index (χ1) is 15.6. The van der Waals surface area contributed by atoms with Crippen molar-refractivity contribution in [3.8, 4) is 11.4 Å². The fraction of sp³-hybridized carbons (Fsp3) is 0.409. The summed E-state index contributed by atoms with van der Waals surface area (Å²) in [5, 5.41) is 24.7. The molecule has 0 saturated carbocycles. The van der Waals surface area contributed by atoms with Crippen LogP contribution in [0.2, 0.25) is 5.02 Å². The van der Waals surface area contributed by atoms with Crippen LogP contribution in [0.25, 0.3) is 22.2 Å². The number of nitrogens with two attached hydrogens (primary N) is 1. The number of thioether (sulfide) groups is 1. The van der Waals surface area contributed by atoms with Gasteiger partial charge in [0.05, 0.1) is 18.2 Å². The number of nitrogens with zero attached hydrogens (tertiary/aromatic N) is 3. The molecule has 0 atom stereocenters. The van der Waals surface area contributed by atoms with Crippen molar-refractivity contribution in [2.24, 2.45) is 5.92 Å². The number of aliphatic hydroxyl groups is 2. The van der Waals surface area contributed by atoms with Gasteiger partial charge in [0.1, 0.15) is 0 Å². The minimum Gasteiger partial charge on any atom is -0.396 e. The normalized spacial score (nSPS) is 13.2. The number of halogens is 1. The van der Waals surface area contributed by atoms with Gasteiger partial charge in [-0.15, -0.1) is 0 Å². The highest BCUT2D eigenvalue weighted by atomic mass is 35.5. The van der Waals surface area contributed by atoms with Crippen LogP contribution in [0.4, 0.5) is 5.95 Å². The Bertz CT molecular complexity index is 1100. The van der Waals surface area contributed by atoms with E-state index in [4.69, 9.17) is 32.3 Å². The molecule has 0 spiro atoms.